The smallest absolute Gasteiger partial charge is 0.249 e. The molecule has 6 heteroatoms. The van der Waals surface area contributed by atoms with E-state index >= 15 is 0 Å². The van der Waals surface area contributed by atoms with Crippen LogP contribution in [-0.2, 0) is 9.63 Å². The second-order valence-electron chi connectivity index (χ2n) is 5.93. The summed E-state index contributed by atoms with van der Waals surface area (Å²) >= 11 is 0. The number of benzene rings is 2. The molecule has 1 amide bonds. The van der Waals surface area contributed by atoms with Crippen molar-refractivity contribution in [3.63, 3.8) is 0 Å². The first-order valence-electron chi connectivity index (χ1n) is 7.96. The fourth-order valence-electron chi connectivity index (χ4n) is 3.11. The second-order valence-corrected chi connectivity index (χ2v) is 5.93. The number of fused-ring (bicyclic) bond motifs is 1. The zero-order chi connectivity index (χ0) is 17.4. The third kappa shape index (κ3) is 2.66. The Morgan fingerprint density at radius 2 is 1.80 bits per heavy atom. The van der Waals surface area contributed by atoms with Crippen LogP contribution in [0, 0.1) is 0 Å². The molecule has 2 N–H and O–H groups in total. The van der Waals surface area contributed by atoms with Gasteiger partial charge in [-0.25, -0.2) is 5.06 Å². The van der Waals surface area contributed by atoms with Crippen LogP contribution >= 0.6 is 0 Å². The number of amides is 1. The summed E-state index contributed by atoms with van der Waals surface area (Å²) in [5.74, 6) is -0.561. The van der Waals surface area contributed by atoms with Gasteiger partial charge < -0.3 is 10.2 Å². The number of carbonyl (C=O) groups excluding carboxylic acids is 1. The summed E-state index contributed by atoms with van der Waals surface area (Å²) in [6.45, 7) is 0. The Hall–Kier alpha value is -3.12. The summed E-state index contributed by atoms with van der Waals surface area (Å²) in [5, 5.41) is 2.06. The highest BCUT2D eigenvalue weighted by atomic mass is 16.7. The zero-order valence-corrected chi connectivity index (χ0v) is 13.3. The first-order valence-corrected chi connectivity index (χ1v) is 7.96. The molecule has 126 valence electrons. The van der Waals surface area contributed by atoms with Gasteiger partial charge in [-0.3, -0.25) is 14.4 Å². The van der Waals surface area contributed by atoms with Crippen LogP contribution in [-0.4, -0.2) is 12.0 Å². The van der Waals surface area contributed by atoms with Crippen molar-refractivity contribution in [1.29, 1.82) is 0 Å². The van der Waals surface area contributed by atoms with Crippen molar-refractivity contribution in [2.75, 3.05) is 5.06 Å². The lowest BCUT2D eigenvalue weighted by atomic mass is 10.0. The fourth-order valence-corrected chi connectivity index (χ4v) is 3.11. The van der Waals surface area contributed by atoms with E-state index < -0.39 is 18.1 Å². The molecule has 6 nitrogen and oxygen atoms in total. The Balaban J connectivity index is 1.82. The maximum atomic E-state index is 12.9. The van der Waals surface area contributed by atoms with Crippen LogP contribution in [0.4, 0.5) is 5.69 Å². The van der Waals surface area contributed by atoms with Gasteiger partial charge in [-0.15, -0.1) is 0 Å². The molecular weight excluding hydrogens is 320 g/mol. The van der Waals surface area contributed by atoms with Gasteiger partial charge >= 0.3 is 0 Å². The predicted octanol–water partition coefficient (Wildman–Crippen LogP) is 2.53. The van der Waals surface area contributed by atoms with Gasteiger partial charge in [-0.2, -0.15) is 0 Å². The topological polar surface area (TPSA) is 85.8 Å². The predicted molar refractivity (Wildman–Crippen MR) is 92.8 cm³/mol. The number of nitrogens with zero attached hydrogens (tertiary/aromatic N) is 1. The molecule has 1 aliphatic heterocycles. The number of para-hydroxylation sites is 2. The Kier molecular flexibility index (Phi) is 3.74. The third-order valence-corrected chi connectivity index (χ3v) is 4.35. The molecular formula is C19H16N2O4. The normalized spacial score (nSPS) is 20.1. The van der Waals surface area contributed by atoms with Crippen molar-refractivity contribution in [2.45, 2.75) is 18.6 Å². The quantitative estimate of drug-likeness (QED) is 0.794. The molecule has 3 aromatic rings. The molecule has 2 aromatic carbocycles. The minimum absolute atomic E-state index is 0.137. The molecule has 1 aromatic heterocycles. The molecule has 0 bridgehead atoms. The van der Waals surface area contributed by atoms with Crippen molar-refractivity contribution < 1.29 is 14.0 Å². The van der Waals surface area contributed by atoms with Crippen molar-refractivity contribution in [2.24, 2.45) is 5.73 Å². The summed E-state index contributed by atoms with van der Waals surface area (Å²) in [4.78, 5) is 30.3. The molecule has 1 saturated heterocycles. The van der Waals surface area contributed by atoms with Gasteiger partial charge in [-0.1, -0.05) is 30.3 Å². The van der Waals surface area contributed by atoms with Gasteiger partial charge in [0.25, 0.3) is 0 Å². The van der Waals surface area contributed by atoms with Crippen molar-refractivity contribution in [3.8, 4) is 0 Å². The Morgan fingerprint density at radius 3 is 2.56 bits per heavy atom. The van der Waals surface area contributed by atoms with E-state index in [1.807, 2.05) is 36.4 Å². The highest BCUT2D eigenvalue weighted by Gasteiger charge is 2.39. The molecule has 1 aliphatic rings. The highest BCUT2D eigenvalue weighted by Crippen LogP contribution is 2.37. The van der Waals surface area contributed by atoms with Crippen molar-refractivity contribution in [1.82, 2.24) is 0 Å². The maximum Gasteiger partial charge on any atom is 0.249 e. The van der Waals surface area contributed by atoms with E-state index in [-0.39, 0.29) is 11.8 Å². The summed E-state index contributed by atoms with van der Waals surface area (Å²) in [7, 11) is 0. The fraction of sp³-hybridized carbons (Fsp3) is 0.158. The molecule has 0 spiro atoms. The standard InChI is InChI=1S/C19H16N2O4/c20-19(23)17-10-15(21(25-17)12-6-2-1-3-7-12)14-11-24-16-9-5-4-8-13(16)18(14)22/h1-9,11,15,17H,10H2,(H2,20,23)/t15-,17+/m0/s1. The molecule has 1 fully saturated rings. The van der Waals surface area contributed by atoms with E-state index in [1.54, 1.807) is 23.3 Å². The summed E-state index contributed by atoms with van der Waals surface area (Å²) in [6, 6.07) is 15.9. The SMILES string of the molecule is NC(=O)[C@H]1C[C@@H](c2coc3ccccc3c2=O)N(c2ccccc2)O1. The van der Waals surface area contributed by atoms with Crippen molar-refractivity contribution >= 4 is 22.6 Å². The summed E-state index contributed by atoms with van der Waals surface area (Å²) < 4.78 is 5.62. The van der Waals surface area contributed by atoms with Crippen LogP contribution in [0.5, 0.6) is 0 Å². The maximum absolute atomic E-state index is 12.9. The van der Waals surface area contributed by atoms with Crippen LogP contribution < -0.4 is 16.2 Å². The number of hydrogen-bond donors (Lipinski definition) is 1. The molecule has 4 rings (SSSR count). The molecule has 2 heterocycles. The number of anilines is 1. The van der Waals surface area contributed by atoms with Gasteiger partial charge in [0, 0.05) is 6.42 Å². The van der Waals surface area contributed by atoms with Gasteiger partial charge in [0.15, 0.2) is 11.5 Å². The highest BCUT2D eigenvalue weighted by molar-refractivity contribution is 5.80. The van der Waals surface area contributed by atoms with Crippen LogP contribution in [0.2, 0.25) is 0 Å². The first-order chi connectivity index (χ1) is 12.1. The molecule has 0 saturated carbocycles. The Bertz CT molecular complexity index is 983. The van der Waals surface area contributed by atoms with E-state index in [0.717, 1.165) is 5.69 Å². The zero-order valence-electron chi connectivity index (χ0n) is 13.3. The average Bonchev–Trinajstić information content (AvgIpc) is 3.08. The van der Waals surface area contributed by atoms with E-state index in [9.17, 15) is 9.59 Å². The molecule has 0 unspecified atom stereocenters. The van der Waals surface area contributed by atoms with Gasteiger partial charge in [-0.05, 0) is 24.3 Å². The van der Waals surface area contributed by atoms with Crippen LogP contribution in [0.1, 0.15) is 18.0 Å². The number of primary amides is 1. The minimum Gasteiger partial charge on any atom is -0.464 e. The van der Waals surface area contributed by atoms with Gasteiger partial charge in [0.2, 0.25) is 5.91 Å². The van der Waals surface area contributed by atoms with E-state index in [0.29, 0.717) is 16.5 Å². The second kappa shape index (κ2) is 6.07. The lowest BCUT2D eigenvalue weighted by molar-refractivity contribution is -0.127. The summed E-state index contributed by atoms with van der Waals surface area (Å²) in [6.07, 6.45) is 0.932. The first kappa shape index (κ1) is 15.4. The van der Waals surface area contributed by atoms with E-state index in [4.69, 9.17) is 15.0 Å². The van der Waals surface area contributed by atoms with Crippen LogP contribution in [0.15, 0.2) is 70.1 Å². The largest absolute Gasteiger partial charge is 0.464 e. The lowest BCUT2D eigenvalue weighted by Crippen LogP contribution is -2.30. The monoisotopic (exact) mass is 336 g/mol. The Morgan fingerprint density at radius 1 is 1.08 bits per heavy atom. The minimum atomic E-state index is -0.795. The molecule has 25 heavy (non-hydrogen) atoms. The van der Waals surface area contributed by atoms with Crippen LogP contribution in [0.3, 0.4) is 0 Å². The van der Waals surface area contributed by atoms with Gasteiger partial charge in [0.05, 0.1) is 22.7 Å². The van der Waals surface area contributed by atoms with E-state index in [1.165, 1.54) is 6.26 Å². The Labute approximate surface area is 143 Å². The van der Waals surface area contributed by atoms with Gasteiger partial charge in [0.1, 0.15) is 11.8 Å². The lowest BCUT2D eigenvalue weighted by Gasteiger charge is -2.24. The van der Waals surface area contributed by atoms with Crippen LogP contribution in [0.25, 0.3) is 11.0 Å². The number of hydrogen-bond acceptors (Lipinski definition) is 5. The number of nitrogens with two attached hydrogens (primary N) is 1. The number of hydroxylamine groups is 1. The molecule has 0 aliphatic carbocycles. The van der Waals surface area contributed by atoms with Crippen molar-refractivity contribution in [3.05, 3.63) is 76.6 Å². The summed E-state index contributed by atoms with van der Waals surface area (Å²) in [5.41, 5.74) is 6.97. The molecule has 2 atom stereocenters. The number of carbonyl (C=O) groups is 1. The molecule has 0 radical (unpaired) electrons. The average molecular weight is 336 g/mol. The third-order valence-electron chi connectivity index (χ3n) is 4.35. The van der Waals surface area contributed by atoms with E-state index in [2.05, 4.69) is 0 Å². The number of rotatable bonds is 3.